The summed E-state index contributed by atoms with van der Waals surface area (Å²) in [4.78, 5) is 4.72. The van der Waals surface area contributed by atoms with Gasteiger partial charge in [0.15, 0.2) is 0 Å². The molecule has 2 saturated heterocycles. The summed E-state index contributed by atoms with van der Waals surface area (Å²) in [5.41, 5.74) is 1.40. The number of fused-ring (bicyclic) bond motifs is 2. The summed E-state index contributed by atoms with van der Waals surface area (Å²) in [6.07, 6.45) is 3.59. The van der Waals surface area contributed by atoms with Gasteiger partial charge in [-0.25, -0.2) is 4.39 Å². The fourth-order valence-corrected chi connectivity index (χ4v) is 4.75. The van der Waals surface area contributed by atoms with Gasteiger partial charge in [-0.15, -0.1) is 0 Å². The zero-order valence-corrected chi connectivity index (χ0v) is 14.3. The van der Waals surface area contributed by atoms with Gasteiger partial charge in [-0.2, -0.15) is 0 Å². The minimum Gasteiger partial charge on any atom is -0.309 e. The molecule has 0 aliphatic carbocycles. The zero-order valence-electron chi connectivity index (χ0n) is 13.5. The summed E-state index contributed by atoms with van der Waals surface area (Å²) in [6.45, 7) is 1.44. The molecule has 0 N–H and O–H groups in total. The van der Waals surface area contributed by atoms with Crippen LogP contribution in [0.1, 0.15) is 30.7 Å². The second-order valence-electron chi connectivity index (χ2n) is 7.05. The first-order valence-electron chi connectivity index (χ1n) is 8.32. The van der Waals surface area contributed by atoms with E-state index in [1.165, 1.54) is 18.4 Å². The standard InChI is InChI=1S/C18H26ClFN2/c1-21(2)12-17-16(13-3-5-14(19)6-4-13)11-15-7-8-18(17)22(15)10-9-20/h3-6,15-18H,7-12H2,1-2H3/t15-,16+,17-,18+/m0/s1/i20-1. The maximum atomic E-state index is 12.9. The molecular formula is C18H26ClFN2. The summed E-state index contributed by atoms with van der Waals surface area (Å²) in [5, 5.41) is 0.797. The molecule has 3 rings (SSSR count). The van der Waals surface area contributed by atoms with Gasteiger partial charge in [0.05, 0.1) is 0 Å². The zero-order chi connectivity index (χ0) is 15.7. The highest BCUT2D eigenvalue weighted by Crippen LogP contribution is 2.47. The van der Waals surface area contributed by atoms with Gasteiger partial charge in [-0.1, -0.05) is 23.7 Å². The molecule has 0 spiro atoms. The second-order valence-corrected chi connectivity index (χ2v) is 7.48. The molecule has 2 aliphatic heterocycles. The Labute approximate surface area is 138 Å². The Bertz CT molecular complexity index is 490. The predicted octanol–water partition coefficient (Wildman–Crippen LogP) is 3.81. The lowest BCUT2D eigenvalue weighted by atomic mass is 9.75. The second kappa shape index (κ2) is 6.86. The summed E-state index contributed by atoms with van der Waals surface area (Å²) in [7, 11) is 4.28. The fourth-order valence-electron chi connectivity index (χ4n) is 4.62. The highest BCUT2D eigenvalue weighted by atomic mass is 35.5. The topological polar surface area (TPSA) is 6.48 Å². The first-order valence-corrected chi connectivity index (χ1v) is 8.70. The van der Waals surface area contributed by atoms with Gasteiger partial charge in [-0.05, 0) is 62.9 Å². The van der Waals surface area contributed by atoms with Crippen LogP contribution in [0.3, 0.4) is 0 Å². The highest BCUT2D eigenvalue weighted by Gasteiger charge is 2.47. The molecule has 4 atom stereocenters. The van der Waals surface area contributed by atoms with Crippen LogP contribution in [0.15, 0.2) is 24.3 Å². The minimum atomic E-state index is -0.229. The van der Waals surface area contributed by atoms with Crippen molar-refractivity contribution in [3.05, 3.63) is 34.9 Å². The summed E-state index contributed by atoms with van der Waals surface area (Å²) >= 11 is 6.05. The van der Waals surface area contributed by atoms with E-state index in [0.29, 0.717) is 30.5 Å². The molecule has 0 amide bonds. The van der Waals surface area contributed by atoms with Crippen molar-refractivity contribution in [1.82, 2.24) is 9.80 Å². The van der Waals surface area contributed by atoms with E-state index in [1.807, 2.05) is 12.1 Å². The van der Waals surface area contributed by atoms with Crippen LogP contribution in [-0.2, 0) is 0 Å². The quantitative estimate of drug-likeness (QED) is 0.813. The van der Waals surface area contributed by atoms with Crippen LogP contribution in [0, 0.1) is 5.92 Å². The third-order valence-electron chi connectivity index (χ3n) is 5.44. The van der Waals surface area contributed by atoms with Crippen molar-refractivity contribution >= 4 is 11.6 Å². The molecule has 4 heteroatoms. The molecule has 2 nitrogen and oxygen atoms in total. The molecule has 2 bridgehead atoms. The van der Waals surface area contributed by atoms with Crippen molar-refractivity contribution in [3.63, 3.8) is 0 Å². The molecule has 1 aromatic carbocycles. The molecule has 122 valence electrons. The summed E-state index contributed by atoms with van der Waals surface area (Å²) in [5.74, 6) is 1.13. The van der Waals surface area contributed by atoms with Gasteiger partial charge in [0.1, 0.15) is 6.67 Å². The van der Waals surface area contributed by atoms with E-state index in [2.05, 4.69) is 36.0 Å². The number of piperidine rings is 1. The monoisotopic (exact) mass is 323 g/mol. The molecule has 0 aromatic heterocycles. The van der Waals surface area contributed by atoms with Crippen molar-refractivity contribution in [2.24, 2.45) is 5.92 Å². The van der Waals surface area contributed by atoms with E-state index < -0.39 is 0 Å². The summed E-state index contributed by atoms with van der Waals surface area (Å²) < 4.78 is 12.9. The van der Waals surface area contributed by atoms with Gasteiger partial charge in [0.2, 0.25) is 0 Å². The van der Waals surface area contributed by atoms with E-state index >= 15 is 0 Å². The van der Waals surface area contributed by atoms with E-state index in [1.54, 1.807) is 0 Å². The van der Waals surface area contributed by atoms with Crippen LogP contribution in [0.4, 0.5) is 4.39 Å². The van der Waals surface area contributed by atoms with Crippen molar-refractivity contribution in [2.75, 3.05) is 33.9 Å². The minimum absolute atomic E-state index is 0.229. The Morgan fingerprint density at radius 2 is 1.95 bits per heavy atom. The number of halogens is 2. The van der Waals surface area contributed by atoms with Gasteiger partial charge in [0.25, 0.3) is 0 Å². The largest absolute Gasteiger partial charge is 0.309 e. The molecule has 0 unspecified atom stereocenters. The lowest BCUT2D eigenvalue weighted by Gasteiger charge is -2.45. The molecular weight excluding hydrogens is 298 g/mol. The number of hydrogen-bond acceptors (Lipinski definition) is 2. The maximum Gasteiger partial charge on any atom is 0.102 e. The fraction of sp³-hybridized carbons (Fsp3) is 0.667. The Hall–Kier alpha value is -0.640. The Kier molecular flexibility index (Phi) is 5.06. The van der Waals surface area contributed by atoms with Gasteiger partial charge >= 0.3 is 0 Å². The van der Waals surface area contributed by atoms with E-state index in [4.69, 9.17) is 11.6 Å². The van der Waals surface area contributed by atoms with Crippen LogP contribution in [-0.4, -0.2) is 55.7 Å². The number of benzene rings is 1. The highest BCUT2D eigenvalue weighted by molar-refractivity contribution is 6.30. The Balaban J connectivity index is 1.87. The number of hydrogen-bond donors (Lipinski definition) is 0. The van der Waals surface area contributed by atoms with Crippen molar-refractivity contribution in [3.8, 4) is 0 Å². The van der Waals surface area contributed by atoms with Crippen LogP contribution in [0.25, 0.3) is 0 Å². The van der Waals surface area contributed by atoms with Gasteiger partial charge in [-0.3, -0.25) is 4.90 Å². The molecule has 0 saturated carbocycles. The van der Waals surface area contributed by atoms with Crippen LogP contribution in [0.5, 0.6) is 0 Å². The first kappa shape index (κ1) is 16.2. The molecule has 2 heterocycles. The van der Waals surface area contributed by atoms with Crippen molar-refractivity contribution in [1.29, 1.82) is 0 Å². The van der Waals surface area contributed by atoms with Gasteiger partial charge in [0, 0.05) is 30.2 Å². The lowest BCUT2D eigenvalue weighted by Crippen LogP contribution is -2.51. The molecule has 22 heavy (non-hydrogen) atoms. The molecule has 0 radical (unpaired) electrons. The number of nitrogens with zero attached hydrogens (tertiary/aromatic N) is 2. The smallest absolute Gasteiger partial charge is 0.102 e. The van der Waals surface area contributed by atoms with Crippen LogP contribution < -0.4 is 0 Å². The van der Waals surface area contributed by atoms with Crippen LogP contribution >= 0.6 is 11.6 Å². The average molecular weight is 324 g/mol. The van der Waals surface area contributed by atoms with E-state index in [0.717, 1.165) is 18.0 Å². The maximum absolute atomic E-state index is 12.9. The molecule has 2 aliphatic rings. The third kappa shape index (κ3) is 3.17. The Morgan fingerprint density at radius 1 is 1.23 bits per heavy atom. The van der Waals surface area contributed by atoms with E-state index in [9.17, 15) is 4.39 Å². The van der Waals surface area contributed by atoms with Crippen molar-refractivity contribution < 1.29 is 4.39 Å². The van der Waals surface area contributed by atoms with Crippen molar-refractivity contribution in [2.45, 2.75) is 37.3 Å². The third-order valence-corrected chi connectivity index (χ3v) is 5.70. The van der Waals surface area contributed by atoms with Gasteiger partial charge < -0.3 is 4.90 Å². The van der Waals surface area contributed by atoms with E-state index in [-0.39, 0.29) is 6.67 Å². The molecule has 2 fully saturated rings. The lowest BCUT2D eigenvalue weighted by molar-refractivity contribution is 0.0549. The SMILES string of the molecule is CN(C)C[C@H]1[C@@H](c2ccc(Cl)cc2)C[C@@H]2CC[C@H]1N2CC[18F]. The first-order chi connectivity index (χ1) is 10.6. The normalized spacial score (nSPS) is 31.9. The predicted molar refractivity (Wildman–Crippen MR) is 90.3 cm³/mol. The Morgan fingerprint density at radius 3 is 2.59 bits per heavy atom. The summed E-state index contributed by atoms with van der Waals surface area (Å²) in [6, 6.07) is 9.44. The number of alkyl halides is 1. The van der Waals surface area contributed by atoms with Crippen LogP contribution in [0.2, 0.25) is 5.02 Å². The molecule has 1 aromatic rings. The number of rotatable bonds is 5. The average Bonchev–Trinajstić information content (AvgIpc) is 2.77.